The lowest BCUT2D eigenvalue weighted by molar-refractivity contribution is 0.0512. The van der Waals surface area contributed by atoms with Crippen LogP contribution in [0.3, 0.4) is 0 Å². The fourth-order valence-electron chi connectivity index (χ4n) is 6.03. The first-order chi connectivity index (χ1) is 19.7. The molecule has 0 bridgehead atoms. The second-order valence-electron chi connectivity index (χ2n) is 11.5. The summed E-state index contributed by atoms with van der Waals surface area (Å²) in [6.07, 6.45) is 2.04. The van der Waals surface area contributed by atoms with E-state index in [0.717, 1.165) is 18.5 Å². The zero-order valence-electron chi connectivity index (χ0n) is 25.2. The molecule has 1 heterocycles. The number of methoxy groups -OCH3 is 1. The SMILES string of the molecule is COCOc1cc(-c2c(F)cc3cnc(S(C)(=O)=O)nc3c2F)c2c(C#C[Si](C(C)C)(C(C)C)C(C)C)cccc2c1. The maximum Gasteiger partial charge on any atom is 0.247 e. The molecule has 0 aliphatic heterocycles. The van der Waals surface area contributed by atoms with Crippen LogP contribution in [0.1, 0.15) is 47.1 Å². The van der Waals surface area contributed by atoms with E-state index in [2.05, 4.69) is 63.0 Å². The molecule has 3 aromatic carbocycles. The van der Waals surface area contributed by atoms with Crippen molar-refractivity contribution < 1.29 is 26.7 Å². The Labute approximate surface area is 247 Å². The van der Waals surface area contributed by atoms with Crippen LogP contribution in [-0.4, -0.2) is 46.6 Å². The summed E-state index contributed by atoms with van der Waals surface area (Å²) < 4.78 is 67.1. The quantitative estimate of drug-likeness (QED) is 0.0881. The van der Waals surface area contributed by atoms with E-state index in [4.69, 9.17) is 9.47 Å². The number of benzene rings is 3. The molecule has 0 N–H and O–H groups in total. The van der Waals surface area contributed by atoms with E-state index in [0.29, 0.717) is 38.7 Å². The van der Waals surface area contributed by atoms with Crippen LogP contribution in [0.5, 0.6) is 5.75 Å². The smallest absolute Gasteiger partial charge is 0.247 e. The van der Waals surface area contributed by atoms with Crippen molar-refractivity contribution in [1.29, 1.82) is 0 Å². The van der Waals surface area contributed by atoms with Gasteiger partial charge < -0.3 is 9.47 Å². The van der Waals surface area contributed by atoms with Gasteiger partial charge in [-0.05, 0) is 46.3 Å². The lowest BCUT2D eigenvalue weighted by Gasteiger charge is -2.38. The average Bonchev–Trinajstić information content (AvgIpc) is 2.90. The summed E-state index contributed by atoms with van der Waals surface area (Å²) in [5, 5.41) is 0.731. The number of nitrogens with zero attached hydrogens (tertiary/aromatic N) is 2. The van der Waals surface area contributed by atoms with Gasteiger partial charge in [0.15, 0.2) is 12.6 Å². The summed E-state index contributed by atoms with van der Waals surface area (Å²) >= 11 is 0. The van der Waals surface area contributed by atoms with Gasteiger partial charge in [-0.2, -0.15) is 0 Å². The van der Waals surface area contributed by atoms with Crippen molar-refractivity contribution in [3.63, 3.8) is 0 Å². The van der Waals surface area contributed by atoms with Crippen molar-refractivity contribution in [2.24, 2.45) is 0 Å². The third kappa shape index (κ3) is 5.78. The lowest BCUT2D eigenvalue weighted by atomic mass is 9.93. The molecule has 0 fully saturated rings. The van der Waals surface area contributed by atoms with Gasteiger partial charge >= 0.3 is 0 Å². The van der Waals surface area contributed by atoms with Gasteiger partial charge in [-0.3, -0.25) is 0 Å². The fraction of sp³-hybridized carbons (Fsp3) is 0.375. The molecule has 0 saturated heterocycles. The molecule has 6 nitrogen and oxygen atoms in total. The highest BCUT2D eigenvalue weighted by Gasteiger charge is 2.41. The maximum atomic E-state index is 16.3. The first-order valence-corrected chi connectivity index (χ1v) is 17.9. The van der Waals surface area contributed by atoms with Crippen LogP contribution < -0.4 is 4.74 Å². The van der Waals surface area contributed by atoms with Gasteiger partial charge in [0, 0.05) is 41.5 Å². The number of rotatable bonds is 8. The minimum absolute atomic E-state index is 0.0406. The van der Waals surface area contributed by atoms with Crippen LogP contribution in [-0.2, 0) is 14.6 Å². The van der Waals surface area contributed by atoms with Crippen LogP contribution in [0.4, 0.5) is 8.78 Å². The minimum atomic E-state index is -3.83. The Balaban J connectivity index is 2.11. The van der Waals surface area contributed by atoms with E-state index in [1.165, 1.54) is 7.11 Å². The summed E-state index contributed by atoms with van der Waals surface area (Å²) in [4.78, 5) is 7.74. The molecule has 0 spiro atoms. The van der Waals surface area contributed by atoms with E-state index in [1.807, 2.05) is 18.2 Å². The number of ether oxygens (including phenoxy) is 2. The van der Waals surface area contributed by atoms with Gasteiger partial charge in [-0.15, -0.1) is 5.54 Å². The van der Waals surface area contributed by atoms with E-state index in [-0.39, 0.29) is 28.8 Å². The average molecular weight is 611 g/mol. The molecule has 0 saturated carbocycles. The van der Waals surface area contributed by atoms with Crippen LogP contribution >= 0.6 is 0 Å². The van der Waals surface area contributed by atoms with Crippen LogP contribution in [0, 0.1) is 23.1 Å². The molecule has 0 atom stereocenters. The molecule has 42 heavy (non-hydrogen) atoms. The molecule has 0 aliphatic carbocycles. The van der Waals surface area contributed by atoms with Crippen LogP contribution in [0.25, 0.3) is 32.8 Å². The second kappa shape index (κ2) is 12.1. The number of aromatic nitrogens is 2. The Morgan fingerprint density at radius 3 is 2.24 bits per heavy atom. The highest BCUT2D eigenvalue weighted by molar-refractivity contribution is 7.90. The van der Waals surface area contributed by atoms with Crippen LogP contribution in [0.15, 0.2) is 47.8 Å². The second-order valence-corrected chi connectivity index (χ2v) is 19.0. The van der Waals surface area contributed by atoms with Crippen molar-refractivity contribution in [3.8, 4) is 28.3 Å². The Bertz CT molecular complexity index is 1810. The van der Waals surface area contributed by atoms with Gasteiger partial charge in [0.25, 0.3) is 0 Å². The topological polar surface area (TPSA) is 78.4 Å². The molecule has 4 aromatic rings. The zero-order valence-corrected chi connectivity index (χ0v) is 27.0. The summed E-state index contributed by atoms with van der Waals surface area (Å²) in [7, 11) is -4.48. The van der Waals surface area contributed by atoms with Crippen molar-refractivity contribution in [3.05, 3.63) is 59.8 Å². The van der Waals surface area contributed by atoms with E-state index in [1.54, 1.807) is 12.1 Å². The first kappa shape index (κ1) is 31.5. The molecule has 4 rings (SSSR count). The molecule has 10 heteroatoms. The maximum absolute atomic E-state index is 16.3. The van der Waals surface area contributed by atoms with E-state index in [9.17, 15) is 8.42 Å². The molecule has 222 valence electrons. The molecule has 0 amide bonds. The predicted molar refractivity (Wildman–Crippen MR) is 166 cm³/mol. The molecule has 1 aromatic heterocycles. The summed E-state index contributed by atoms with van der Waals surface area (Å²) in [6, 6.07) is 9.99. The summed E-state index contributed by atoms with van der Waals surface area (Å²) in [5.41, 5.74) is 5.09. The highest BCUT2D eigenvalue weighted by Crippen LogP contribution is 2.42. The standard InChI is InChI=1S/C32H36F2N2O4SSi/c1-19(2)42(20(3)4,21(5)6)13-12-22-10-9-11-23-14-25(40-18-39-7)16-26(28(22)23)29-27(33)15-24-17-35-32(41(8,37)38)36-31(24)30(29)34/h9-11,14-17,19-21H,18H2,1-8H3. The molecular weight excluding hydrogens is 575 g/mol. The number of halogens is 2. The van der Waals surface area contributed by atoms with Gasteiger partial charge in [0.05, 0.1) is 5.56 Å². The summed E-state index contributed by atoms with van der Waals surface area (Å²) in [5.74, 6) is 1.94. The van der Waals surface area contributed by atoms with Crippen LogP contribution in [0.2, 0.25) is 16.6 Å². The fourth-order valence-corrected chi connectivity index (χ4v) is 11.8. The largest absolute Gasteiger partial charge is 0.468 e. The Morgan fingerprint density at radius 2 is 1.64 bits per heavy atom. The van der Waals surface area contributed by atoms with Crippen molar-refractivity contribution in [2.45, 2.75) is 63.3 Å². The van der Waals surface area contributed by atoms with Gasteiger partial charge in [-0.25, -0.2) is 27.2 Å². The van der Waals surface area contributed by atoms with Crippen molar-refractivity contribution in [1.82, 2.24) is 9.97 Å². The monoisotopic (exact) mass is 610 g/mol. The Morgan fingerprint density at radius 1 is 0.976 bits per heavy atom. The van der Waals surface area contributed by atoms with E-state index >= 15 is 8.78 Å². The highest BCUT2D eigenvalue weighted by atomic mass is 32.2. The zero-order chi connectivity index (χ0) is 31.0. The van der Waals surface area contributed by atoms with E-state index < -0.39 is 34.7 Å². The molecule has 0 unspecified atom stereocenters. The molecular formula is C32H36F2N2O4SSi. The third-order valence-corrected chi connectivity index (χ3v) is 15.1. The van der Waals surface area contributed by atoms with Gasteiger partial charge in [0.1, 0.15) is 25.2 Å². The number of sulfone groups is 1. The number of fused-ring (bicyclic) bond motifs is 2. The Hall–Kier alpha value is -3.39. The van der Waals surface area contributed by atoms with Crippen molar-refractivity contribution in [2.75, 3.05) is 20.2 Å². The first-order valence-electron chi connectivity index (χ1n) is 13.8. The molecule has 0 radical (unpaired) electrons. The third-order valence-electron chi connectivity index (χ3n) is 7.92. The van der Waals surface area contributed by atoms with Crippen molar-refractivity contribution >= 4 is 39.6 Å². The van der Waals surface area contributed by atoms with Gasteiger partial charge in [-0.1, -0.05) is 59.6 Å². The lowest BCUT2D eigenvalue weighted by Crippen LogP contribution is -2.43. The minimum Gasteiger partial charge on any atom is -0.468 e. The number of hydrogen-bond acceptors (Lipinski definition) is 6. The predicted octanol–water partition coefficient (Wildman–Crippen LogP) is 7.68. The normalized spacial score (nSPS) is 12.4. The number of hydrogen-bond donors (Lipinski definition) is 0. The molecule has 0 aliphatic rings. The summed E-state index contributed by atoms with van der Waals surface area (Å²) in [6.45, 7) is 13.3. The van der Waals surface area contributed by atoms with Gasteiger partial charge in [0.2, 0.25) is 15.0 Å². The Kier molecular flexibility index (Phi) is 9.07.